The first-order valence-electron chi connectivity index (χ1n) is 10.5. The van der Waals surface area contributed by atoms with Crippen LogP contribution in [-0.2, 0) is 11.3 Å². The number of hydrogen-bond acceptors (Lipinski definition) is 7. The van der Waals surface area contributed by atoms with Crippen LogP contribution in [0.15, 0.2) is 81.1 Å². The van der Waals surface area contributed by atoms with Crippen LogP contribution in [0.4, 0.5) is 5.69 Å². The second-order valence-electron chi connectivity index (χ2n) is 7.29. The summed E-state index contributed by atoms with van der Waals surface area (Å²) in [6, 6.07) is 17.4. The minimum absolute atomic E-state index is 0.0592. The van der Waals surface area contributed by atoms with Gasteiger partial charge in [-0.25, -0.2) is 5.53 Å². The molecule has 0 aliphatic carbocycles. The molecule has 1 heterocycles. The van der Waals surface area contributed by atoms with E-state index in [2.05, 4.69) is 21.1 Å². The highest BCUT2D eigenvalue weighted by Crippen LogP contribution is 2.12. The van der Waals surface area contributed by atoms with Gasteiger partial charge >= 0.3 is 0 Å². The zero-order valence-electron chi connectivity index (χ0n) is 18.5. The topological polar surface area (TPSA) is 178 Å². The molecular weight excluding hydrogens is 452 g/mol. The van der Waals surface area contributed by atoms with Crippen molar-refractivity contribution in [3.63, 3.8) is 0 Å². The molecule has 0 radical (unpaired) electrons. The lowest BCUT2D eigenvalue weighted by Gasteiger charge is -2.08. The van der Waals surface area contributed by atoms with E-state index in [0.717, 1.165) is 17.7 Å². The molecule has 11 heteroatoms. The number of nitrogens with one attached hydrogen (secondary N) is 5. The van der Waals surface area contributed by atoms with Crippen molar-refractivity contribution in [1.82, 2.24) is 10.6 Å². The number of carbonyl (C=O) groups is 3. The van der Waals surface area contributed by atoms with E-state index < -0.39 is 23.2 Å². The second kappa shape index (κ2) is 11.8. The summed E-state index contributed by atoms with van der Waals surface area (Å²) in [4.78, 5) is 48.9. The number of nitrogens with zero attached hydrogens (tertiary/aromatic N) is 1. The summed E-state index contributed by atoms with van der Waals surface area (Å²) in [6.45, 7) is 0.160. The lowest BCUT2D eigenvalue weighted by molar-refractivity contribution is -0.116. The molecule has 1 aromatic heterocycles. The minimum atomic E-state index is -0.750. The molecule has 5 N–H and O–H groups in total. The van der Waals surface area contributed by atoms with Gasteiger partial charge in [0.1, 0.15) is 0 Å². The Hall–Kier alpha value is -4.93. The molecule has 0 spiro atoms. The molecule has 11 nitrogen and oxygen atoms in total. The van der Waals surface area contributed by atoms with Crippen LogP contribution in [0.2, 0.25) is 0 Å². The molecule has 3 rings (SSSR count). The number of amides is 3. The van der Waals surface area contributed by atoms with E-state index in [0.29, 0.717) is 11.3 Å². The Morgan fingerprint density at radius 1 is 0.886 bits per heavy atom. The maximum absolute atomic E-state index is 12.4. The first-order valence-corrected chi connectivity index (χ1v) is 10.5. The molecule has 0 unspecified atom stereocenters. The van der Waals surface area contributed by atoms with Crippen LogP contribution in [0, 0.1) is 10.9 Å². The van der Waals surface area contributed by atoms with Crippen LogP contribution in [0.25, 0.3) is 0 Å². The first-order chi connectivity index (χ1) is 16.9. The summed E-state index contributed by atoms with van der Waals surface area (Å²) >= 11 is 0. The molecule has 3 amide bonds. The number of anilines is 1. The zero-order chi connectivity index (χ0) is 25.2. The van der Waals surface area contributed by atoms with E-state index in [4.69, 9.17) is 15.4 Å². The van der Waals surface area contributed by atoms with Gasteiger partial charge in [-0.15, -0.1) is 5.11 Å². The van der Waals surface area contributed by atoms with E-state index >= 15 is 0 Å². The number of benzene rings is 2. The van der Waals surface area contributed by atoms with Crippen molar-refractivity contribution >= 4 is 29.2 Å². The largest absolute Gasteiger partial charge is 0.445 e. The maximum atomic E-state index is 12.4. The van der Waals surface area contributed by atoms with Crippen molar-refractivity contribution in [3.05, 3.63) is 99.6 Å². The highest BCUT2D eigenvalue weighted by Gasteiger charge is 2.16. The van der Waals surface area contributed by atoms with Crippen molar-refractivity contribution in [2.45, 2.75) is 13.0 Å². The molecule has 3 aromatic rings. The van der Waals surface area contributed by atoms with Crippen LogP contribution >= 0.6 is 0 Å². The van der Waals surface area contributed by atoms with Gasteiger partial charge in [0.15, 0.2) is 22.8 Å². The molecule has 178 valence electrons. The molecule has 0 saturated carbocycles. The average molecular weight is 474 g/mol. The summed E-state index contributed by atoms with van der Waals surface area (Å²) in [6.07, 6.45) is -0.0856. The third-order valence-electron chi connectivity index (χ3n) is 4.68. The quantitative estimate of drug-likeness (QED) is 0.181. The van der Waals surface area contributed by atoms with Gasteiger partial charge in [-0.2, -0.15) is 0 Å². The highest BCUT2D eigenvalue weighted by molar-refractivity contribution is 5.99. The number of amidine groups is 1. The Labute approximate surface area is 199 Å². The summed E-state index contributed by atoms with van der Waals surface area (Å²) in [7, 11) is 0. The Kier molecular flexibility index (Phi) is 8.33. The van der Waals surface area contributed by atoms with E-state index in [1.165, 1.54) is 6.07 Å². The summed E-state index contributed by atoms with van der Waals surface area (Å²) < 4.78 is 5.30. The predicted molar refractivity (Wildman–Crippen MR) is 127 cm³/mol. The SMILES string of the molecule is N=NC(=N)c1cccc(NC(=O)CCNC(=O)c2cc(=O)cc(C(=O)NCc3ccccc3)o2)c1. The molecule has 0 fully saturated rings. The molecular formula is C24H22N6O5. The molecule has 0 atom stereocenters. The fourth-order valence-corrected chi connectivity index (χ4v) is 2.98. The third-order valence-corrected chi connectivity index (χ3v) is 4.68. The standard InChI is InChI=1S/C24H22N6O5/c25-22(30-26)16-7-4-8-17(11-16)29-21(32)9-10-27-23(33)19-12-18(31)13-20(35-19)24(34)28-14-15-5-2-1-3-6-15/h1-8,11-13,25-26H,9-10,14H2,(H,27,33)(H,28,34)(H,29,32). The van der Waals surface area contributed by atoms with Crippen molar-refractivity contribution in [2.75, 3.05) is 11.9 Å². The van der Waals surface area contributed by atoms with Gasteiger partial charge in [-0.05, 0) is 17.7 Å². The van der Waals surface area contributed by atoms with Gasteiger partial charge in [0, 0.05) is 42.9 Å². The van der Waals surface area contributed by atoms with Crippen molar-refractivity contribution < 1.29 is 18.8 Å². The van der Waals surface area contributed by atoms with Crippen LogP contribution in [-0.4, -0.2) is 30.1 Å². The van der Waals surface area contributed by atoms with Crippen molar-refractivity contribution in [1.29, 1.82) is 10.9 Å². The third kappa shape index (κ3) is 7.29. The smallest absolute Gasteiger partial charge is 0.287 e. The van der Waals surface area contributed by atoms with Gasteiger partial charge in [0.2, 0.25) is 5.91 Å². The van der Waals surface area contributed by atoms with E-state index in [-0.39, 0.29) is 36.9 Å². The molecule has 35 heavy (non-hydrogen) atoms. The Balaban J connectivity index is 1.53. The summed E-state index contributed by atoms with van der Waals surface area (Å²) in [5.74, 6) is -2.71. The van der Waals surface area contributed by atoms with E-state index in [9.17, 15) is 19.2 Å². The number of hydrogen-bond donors (Lipinski definition) is 5. The van der Waals surface area contributed by atoms with Gasteiger partial charge in [-0.1, -0.05) is 42.5 Å². The van der Waals surface area contributed by atoms with E-state index in [1.54, 1.807) is 18.2 Å². The Bertz CT molecular complexity index is 1320. The number of carbonyl (C=O) groups excluding carboxylic acids is 3. The fraction of sp³-hybridized carbons (Fsp3) is 0.125. The Morgan fingerprint density at radius 2 is 1.57 bits per heavy atom. The molecule has 0 aliphatic rings. The van der Waals surface area contributed by atoms with Crippen LogP contribution < -0.4 is 21.4 Å². The normalized spacial score (nSPS) is 10.2. The van der Waals surface area contributed by atoms with Gasteiger partial charge in [0.05, 0.1) is 0 Å². The average Bonchev–Trinajstić information content (AvgIpc) is 2.87. The molecule has 2 aromatic carbocycles. The minimum Gasteiger partial charge on any atom is -0.445 e. The fourth-order valence-electron chi connectivity index (χ4n) is 2.98. The second-order valence-corrected chi connectivity index (χ2v) is 7.29. The number of rotatable bonds is 9. The molecule has 0 aliphatic heterocycles. The summed E-state index contributed by atoms with van der Waals surface area (Å²) in [5, 5.41) is 18.3. The molecule has 0 bridgehead atoms. The monoisotopic (exact) mass is 474 g/mol. The Morgan fingerprint density at radius 3 is 2.26 bits per heavy atom. The van der Waals surface area contributed by atoms with Gasteiger partial charge < -0.3 is 20.4 Å². The lowest BCUT2D eigenvalue weighted by atomic mass is 10.2. The van der Waals surface area contributed by atoms with Crippen molar-refractivity contribution in [3.8, 4) is 0 Å². The summed E-state index contributed by atoms with van der Waals surface area (Å²) in [5.41, 5.74) is 7.95. The van der Waals surface area contributed by atoms with Gasteiger partial charge in [0.25, 0.3) is 11.8 Å². The predicted octanol–water partition coefficient (Wildman–Crippen LogP) is 2.68. The molecule has 0 saturated heterocycles. The van der Waals surface area contributed by atoms with Crippen LogP contribution in [0.3, 0.4) is 0 Å². The van der Waals surface area contributed by atoms with E-state index in [1.807, 2.05) is 30.3 Å². The first kappa shape index (κ1) is 24.7. The lowest BCUT2D eigenvalue weighted by Crippen LogP contribution is -2.29. The van der Waals surface area contributed by atoms with Crippen LogP contribution in [0.1, 0.15) is 38.7 Å². The highest BCUT2D eigenvalue weighted by atomic mass is 16.4. The maximum Gasteiger partial charge on any atom is 0.287 e. The van der Waals surface area contributed by atoms with Crippen molar-refractivity contribution in [2.24, 2.45) is 5.11 Å². The van der Waals surface area contributed by atoms with Gasteiger partial charge in [-0.3, -0.25) is 24.6 Å². The van der Waals surface area contributed by atoms with Crippen LogP contribution in [0.5, 0.6) is 0 Å². The zero-order valence-corrected chi connectivity index (χ0v) is 18.5.